The molecule has 7 heteroatoms. The van der Waals surface area contributed by atoms with Crippen molar-refractivity contribution >= 4 is 5.91 Å². The van der Waals surface area contributed by atoms with Crippen molar-refractivity contribution in [2.24, 2.45) is 0 Å². The first-order chi connectivity index (χ1) is 7.25. The summed E-state index contributed by atoms with van der Waals surface area (Å²) in [7, 11) is 0. The largest absolute Gasteiger partial charge is 0.365 e. The molecule has 1 aromatic heterocycles. The van der Waals surface area contributed by atoms with Gasteiger partial charge in [-0.3, -0.25) is 4.79 Å². The zero-order valence-corrected chi connectivity index (χ0v) is 8.43. The van der Waals surface area contributed by atoms with Crippen LogP contribution in [0.5, 0.6) is 0 Å². The van der Waals surface area contributed by atoms with Gasteiger partial charge in [0.2, 0.25) is 5.91 Å². The molecule has 82 valence electrons. The number of H-pyrrole nitrogens is 1. The SMILES string of the molecule is CC1CCC(C(=O)NCc2nn[nH]n2)O1. The summed E-state index contributed by atoms with van der Waals surface area (Å²) in [4.78, 5) is 11.6. The van der Waals surface area contributed by atoms with Crippen molar-refractivity contribution in [3.63, 3.8) is 0 Å². The molecule has 0 spiro atoms. The first-order valence-corrected chi connectivity index (χ1v) is 4.91. The van der Waals surface area contributed by atoms with E-state index < -0.39 is 0 Å². The molecule has 2 unspecified atom stereocenters. The summed E-state index contributed by atoms with van der Waals surface area (Å²) in [6.07, 6.45) is 1.55. The molecule has 2 atom stereocenters. The molecule has 0 radical (unpaired) electrons. The molecule has 1 saturated heterocycles. The molecule has 1 aliphatic rings. The van der Waals surface area contributed by atoms with E-state index >= 15 is 0 Å². The molecule has 1 amide bonds. The second-order valence-electron chi connectivity index (χ2n) is 3.56. The van der Waals surface area contributed by atoms with Gasteiger partial charge in [-0.15, -0.1) is 10.2 Å². The number of hydrogen-bond donors (Lipinski definition) is 2. The van der Waals surface area contributed by atoms with Gasteiger partial charge in [0, 0.05) is 0 Å². The van der Waals surface area contributed by atoms with Gasteiger partial charge in [-0.2, -0.15) is 5.21 Å². The molecule has 1 fully saturated rings. The van der Waals surface area contributed by atoms with Crippen LogP contribution in [0.1, 0.15) is 25.6 Å². The van der Waals surface area contributed by atoms with Crippen LogP contribution in [0, 0.1) is 0 Å². The molecule has 1 aromatic rings. The van der Waals surface area contributed by atoms with Crippen molar-refractivity contribution in [2.45, 2.75) is 38.5 Å². The lowest BCUT2D eigenvalue weighted by atomic mass is 10.2. The maximum Gasteiger partial charge on any atom is 0.249 e. The van der Waals surface area contributed by atoms with Crippen LogP contribution in [0.25, 0.3) is 0 Å². The van der Waals surface area contributed by atoms with Crippen LogP contribution < -0.4 is 5.32 Å². The number of nitrogens with zero attached hydrogens (tertiary/aromatic N) is 3. The van der Waals surface area contributed by atoms with Crippen LogP contribution in [-0.4, -0.2) is 38.7 Å². The fourth-order valence-electron chi connectivity index (χ4n) is 1.53. The number of carbonyl (C=O) groups excluding carboxylic acids is 1. The Morgan fingerprint density at radius 3 is 3.13 bits per heavy atom. The number of aromatic nitrogens is 4. The number of hydrogen-bond acceptors (Lipinski definition) is 5. The van der Waals surface area contributed by atoms with Gasteiger partial charge in [0.25, 0.3) is 0 Å². The van der Waals surface area contributed by atoms with E-state index in [0.29, 0.717) is 5.82 Å². The first kappa shape index (κ1) is 10.0. The molecular formula is C8H13N5O2. The highest BCUT2D eigenvalue weighted by Gasteiger charge is 2.27. The van der Waals surface area contributed by atoms with Gasteiger partial charge < -0.3 is 10.1 Å². The third-order valence-corrected chi connectivity index (χ3v) is 2.33. The zero-order valence-electron chi connectivity index (χ0n) is 8.43. The molecule has 0 aliphatic carbocycles. The van der Waals surface area contributed by atoms with E-state index in [1.807, 2.05) is 6.92 Å². The maximum absolute atomic E-state index is 11.6. The average molecular weight is 211 g/mol. The third-order valence-electron chi connectivity index (χ3n) is 2.33. The quantitative estimate of drug-likeness (QED) is 0.695. The Morgan fingerprint density at radius 1 is 1.67 bits per heavy atom. The smallest absolute Gasteiger partial charge is 0.249 e. The number of tetrazole rings is 1. The molecule has 7 nitrogen and oxygen atoms in total. The number of aromatic amines is 1. The Kier molecular flexibility index (Phi) is 2.91. The minimum atomic E-state index is -0.327. The van der Waals surface area contributed by atoms with E-state index in [1.165, 1.54) is 0 Å². The Balaban J connectivity index is 1.78. The number of rotatable bonds is 3. The number of nitrogens with one attached hydrogen (secondary N) is 2. The van der Waals surface area contributed by atoms with E-state index in [9.17, 15) is 4.79 Å². The highest BCUT2D eigenvalue weighted by Crippen LogP contribution is 2.18. The molecule has 0 saturated carbocycles. The normalized spacial score (nSPS) is 25.4. The lowest BCUT2D eigenvalue weighted by Gasteiger charge is -2.10. The van der Waals surface area contributed by atoms with Gasteiger partial charge in [0.1, 0.15) is 6.10 Å². The van der Waals surface area contributed by atoms with Crippen molar-refractivity contribution in [3.05, 3.63) is 5.82 Å². The van der Waals surface area contributed by atoms with Gasteiger partial charge in [0.15, 0.2) is 5.82 Å². The molecule has 0 aromatic carbocycles. The highest BCUT2D eigenvalue weighted by molar-refractivity contribution is 5.80. The third kappa shape index (κ3) is 2.50. The fourth-order valence-corrected chi connectivity index (χ4v) is 1.53. The predicted octanol–water partition coefficient (Wildman–Crippen LogP) is -0.617. The van der Waals surface area contributed by atoms with E-state index in [2.05, 4.69) is 25.9 Å². The molecule has 0 bridgehead atoms. The Bertz CT molecular complexity index is 326. The Hall–Kier alpha value is -1.50. The standard InChI is InChI=1S/C8H13N5O2/c1-5-2-3-6(15-5)8(14)9-4-7-10-12-13-11-7/h5-6H,2-4H2,1H3,(H,9,14)(H,10,11,12,13). The van der Waals surface area contributed by atoms with Crippen molar-refractivity contribution in [1.82, 2.24) is 25.9 Å². The molecule has 1 aliphatic heterocycles. The second-order valence-corrected chi connectivity index (χ2v) is 3.56. The molecule has 2 N–H and O–H groups in total. The predicted molar refractivity (Wildman–Crippen MR) is 49.6 cm³/mol. The van der Waals surface area contributed by atoms with Crippen LogP contribution in [-0.2, 0) is 16.1 Å². The number of amides is 1. The van der Waals surface area contributed by atoms with Crippen LogP contribution >= 0.6 is 0 Å². The van der Waals surface area contributed by atoms with Gasteiger partial charge >= 0.3 is 0 Å². The maximum atomic E-state index is 11.6. The summed E-state index contributed by atoms with van der Waals surface area (Å²) in [6, 6.07) is 0. The van der Waals surface area contributed by atoms with Crippen molar-refractivity contribution in [3.8, 4) is 0 Å². The topological polar surface area (TPSA) is 92.8 Å². The van der Waals surface area contributed by atoms with Gasteiger partial charge in [-0.1, -0.05) is 5.21 Å². The highest BCUT2D eigenvalue weighted by atomic mass is 16.5. The summed E-state index contributed by atoms with van der Waals surface area (Å²) in [5, 5.41) is 15.9. The van der Waals surface area contributed by atoms with E-state index in [-0.39, 0.29) is 24.7 Å². The van der Waals surface area contributed by atoms with Crippen LogP contribution in [0.3, 0.4) is 0 Å². The summed E-state index contributed by atoms with van der Waals surface area (Å²) in [5.41, 5.74) is 0. The van der Waals surface area contributed by atoms with Gasteiger partial charge in [-0.05, 0) is 19.8 Å². The lowest BCUT2D eigenvalue weighted by Crippen LogP contribution is -2.34. The Morgan fingerprint density at radius 2 is 2.53 bits per heavy atom. The fraction of sp³-hybridized carbons (Fsp3) is 0.750. The molecule has 2 heterocycles. The van der Waals surface area contributed by atoms with E-state index in [0.717, 1.165) is 12.8 Å². The van der Waals surface area contributed by atoms with Crippen LogP contribution in [0.15, 0.2) is 0 Å². The summed E-state index contributed by atoms with van der Waals surface area (Å²) in [6.45, 7) is 2.25. The minimum absolute atomic E-state index is 0.107. The van der Waals surface area contributed by atoms with Crippen molar-refractivity contribution in [1.29, 1.82) is 0 Å². The van der Waals surface area contributed by atoms with Gasteiger partial charge in [0.05, 0.1) is 12.6 Å². The number of ether oxygens (including phenoxy) is 1. The Labute approximate surface area is 86.6 Å². The molecule has 2 rings (SSSR count). The van der Waals surface area contributed by atoms with E-state index in [4.69, 9.17) is 4.74 Å². The molecule has 15 heavy (non-hydrogen) atoms. The minimum Gasteiger partial charge on any atom is -0.365 e. The van der Waals surface area contributed by atoms with Crippen LogP contribution in [0.2, 0.25) is 0 Å². The summed E-state index contributed by atoms with van der Waals surface area (Å²) >= 11 is 0. The summed E-state index contributed by atoms with van der Waals surface area (Å²) < 4.78 is 5.42. The molecular weight excluding hydrogens is 198 g/mol. The number of carbonyl (C=O) groups is 1. The average Bonchev–Trinajstić information content (AvgIpc) is 2.84. The summed E-state index contributed by atoms with van der Waals surface area (Å²) in [5.74, 6) is 0.360. The lowest BCUT2D eigenvalue weighted by molar-refractivity contribution is -0.131. The van der Waals surface area contributed by atoms with Crippen LogP contribution in [0.4, 0.5) is 0 Å². The second kappa shape index (κ2) is 4.35. The monoisotopic (exact) mass is 211 g/mol. The zero-order chi connectivity index (χ0) is 10.7. The van der Waals surface area contributed by atoms with Gasteiger partial charge in [-0.25, -0.2) is 0 Å². The van der Waals surface area contributed by atoms with Crippen molar-refractivity contribution in [2.75, 3.05) is 0 Å². The first-order valence-electron chi connectivity index (χ1n) is 4.91. The van der Waals surface area contributed by atoms with Crippen molar-refractivity contribution < 1.29 is 9.53 Å². The van der Waals surface area contributed by atoms with E-state index in [1.54, 1.807) is 0 Å².